The lowest BCUT2D eigenvalue weighted by Gasteiger charge is -2.11. The molecule has 1 unspecified atom stereocenters. The minimum absolute atomic E-state index is 0.201. The van der Waals surface area contributed by atoms with E-state index in [2.05, 4.69) is 29.7 Å². The first-order valence-corrected chi connectivity index (χ1v) is 5.97. The molecule has 3 nitrogen and oxygen atoms in total. The predicted octanol–water partition coefficient (Wildman–Crippen LogP) is 2.91. The Kier molecular flexibility index (Phi) is 2.40. The van der Waals surface area contributed by atoms with E-state index in [1.165, 1.54) is 5.52 Å². The van der Waals surface area contributed by atoms with Crippen molar-refractivity contribution >= 4 is 11.0 Å². The molecule has 1 atom stereocenters. The van der Waals surface area contributed by atoms with E-state index in [9.17, 15) is 0 Å². The van der Waals surface area contributed by atoms with Gasteiger partial charge in [0.15, 0.2) is 0 Å². The molecule has 1 aliphatic heterocycles. The largest absolute Gasteiger partial charge is 0.370 e. The highest BCUT2D eigenvalue weighted by Crippen LogP contribution is 2.30. The number of imidazole rings is 1. The van der Waals surface area contributed by atoms with Crippen LogP contribution in [0.4, 0.5) is 0 Å². The summed E-state index contributed by atoms with van der Waals surface area (Å²) in [5.41, 5.74) is 2.30. The third-order valence-electron chi connectivity index (χ3n) is 3.22. The van der Waals surface area contributed by atoms with Gasteiger partial charge in [-0.15, -0.1) is 0 Å². The molecule has 1 aromatic heterocycles. The number of aromatic nitrogens is 2. The zero-order chi connectivity index (χ0) is 11.0. The van der Waals surface area contributed by atoms with Gasteiger partial charge in [-0.05, 0) is 31.9 Å². The molecule has 1 aromatic carbocycles. The molecule has 2 heterocycles. The number of fused-ring (bicyclic) bond motifs is 1. The van der Waals surface area contributed by atoms with Crippen molar-refractivity contribution in [2.75, 3.05) is 6.61 Å². The van der Waals surface area contributed by atoms with E-state index in [4.69, 9.17) is 9.72 Å². The fourth-order valence-electron chi connectivity index (χ4n) is 2.45. The number of rotatable bonds is 2. The first kappa shape index (κ1) is 9.85. The highest BCUT2D eigenvalue weighted by atomic mass is 16.5. The van der Waals surface area contributed by atoms with Gasteiger partial charge in [-0.3, -0.25) is 0 Å². The van der Waals surface area contributed by atoms with Gasteiger partial charge in [0, 0.05) is 13.2 Å². The lowest BCUT2D eigenvalue weighted by atomic mass is 10.2. The molecule has 3 rings (SSSR count). The molecule has 0 aliphatic carbocycles. The Hall–Kier alpha value is -1.35. The van der Waals surface area contributed by atoms with Crippen LogP contribution in [0.25, 0.3) is 11.0 Å². The molecule has 84 valence electrons. The molecule has 3 heteroatoms. The fraction of sp³-hybridized carbons (Fsp3) is 0.462. The second kappa shape index (κ2) is 3.91. The Bertz CT molecular complexity index is 498. The summed E-state index contributed by atoms with van der Waals surface area (Å²) in [6.07, 6.45) is 2.45. The number of ether oxygens (including phenoxy) is 1. The molecule has 0 radical (unpaired) electrons. The summed E-state index contributed by atoms with van der Waals surface area (Å²) in [5, 5.41) is 0. The summed E-state index contributed by atoms with van der Waals surface area (Å²) >= 11 is 0. The van der Waals surface area contributed by atoms with Crippen molar-refractivity contribution in [1.82, 2.24) is 9.55 Å². The smallest absolute Gasteiger partial charge is 0.139 e. The molecule has 2 aromatic rings. The minimum atomic E-state index is 0.201. The van der Waals surface area contributed by atoms with E-state index in [1.807, 2.05) is 6.07 Å². The second-order valence-electron chi connectivity index (χ2n) is 4.20. The van der Waals surface area contributed by atoms with Crippen molar-refractivity contribution in [3.63, 3.8) is 0 Å². The summed E-state index contributed by atoms with van der Waals surface area (Å²) in [5.74, 6) is 1.10. The molecular formula is C13H16N2O. The van der Waals surface area contributed by atoms with E-state index < -0.39 is 0 Å². The van der Waals surface area contributed by atoms with Gasteiger partial charge in [-0.2, -0.15) is 0 Å². The number of hydrogen-bond acceptors (Lipinski definition) is 2. The summed E-state index contributed by atoms with van der Waals surface area (Å²) < 4.78 is 8.00. The van der Waals surface area contributed by atoms with Crippen molar-refractivity contribution in [3.05, 3.63) is 30.1 Å². The maximum atomic E-state index is 5.73. The van der Waals surface area contributed by atoms with Crippen LogP contribution in [0.15, 0.2) is 24.3 Å². The number of aryl methyl sites for hydroxylation is 1. The minimum Gasteiger partial charge on any atom is -0.370 e. The van der Waals surface area contributed by atoms with Gasteiger partial charge in [0.05, 0.1) is 11.0 Å². The monoisotopic (exact) mass is 216 g/mol. The van der Waals surface area contributed by atoms with Gasteiger partial charge in [0.25, 0.3) is 0 Å². The molecule has 1 fully saturated rings. The van der Waals surface area contributed by atoms with E-state index in [0.717, 1.165) is 37.3 Å². The van der Waals surface area contributed by atoms with Crippen molar-refractivity contribution < 1.29 is 4.74 Å². The predicted molar refractivity (Wildman–Crippen MR) is 63.3 cm³/mol. The number of para-hydroxylation sites is 2. The maximum absolute atomic E-state index is 5.73. The normalized spacial score (nSPS) is 20.7. The zero-order valence-electron chi connectivity index (χ0n) is 9.52. The van der Waals surface area contributed by atoms with Gasteiger partial charge in [-0.25, -0.2) is 4.98 Å². The van der Waals surface area contributed by atoms with Crippen LogP contribution in [0, 0.1) is 0 Å². The number of benzene rings is 1. The highest BCUT2D eigenvalue weighted by Gasteiger charge is 2.23. The quantitative estimate of drug-likeness (QED) is 0.771. The average molecular weight is 216 g/mol. The molecule has 0 bridgehead atoms. The third kappa shape index (κ3) is 1.43. The Morgan fingerprint density at radius 2 is 2.31 bits per heavy atom. The number of nitrogens with zero attached hydrogens (tertiary/aromatic N) is 2. The van der Waals surface area contributed by atoms with Crippen molar-refractivity contribution in [2.24, 2.45) is 0 Å². The Morgan fingerprint density at radius 1 is 1.44 bits per heavy atom. The first-order chi connectivity index (χ1) is 7.90. The van der Waals surface area contributed by atoms with Crippen LogP contribution in [0.2, 0.25) is 0 Å². The van der Waals surface area contributed by atoms with Crippen LogP contribution < -0.4 is 0 Å². The first-order valence-electron chi connectivity index (χ1n) is 5.97. The molecule has 1 saturated heterocycles. The summed E-state index contributed by atoms with van der Waals surface area (Å²) in [4.78, 5) is 4.70. The van der Waals surface area contributed by atoms with Gasteiger partial charge < -0.3 is 9.30 Å². The second-order valence-corrected chi connectivity index (χ2v) is 4.20. The molecule has 0 spiro atoms. The number of hydrogen-bond donors (Lipinski definition) is 0. The Labute approximate surface area is 95.0 Å². The van der Waals surface area contributed by atoms with Crippen molar-refractivity contribution in [2.45, 2.75) is 32.4 Å². The highest BCUT2D eigenvalue weighted by molar-refractivity contribution is 5.76. The zero-order valence-corrected chi connectivity index (χ0v) is 9.52. The fourth-order valence-corrected chi connectivity index (χ4v) is 2.45. The lowest BCUT2D eigenvalue weighted by molar-refractivity contribution is 0.102. The molecule has 1 aliphatic rings. The van der Waals surface area contributed by atoms with Crippen LogP contribution in [0.3, 0.4) is 0 Å². The van der Waals surface area contributed by atoms with Crippen LogP contribution >= 0.6 is 0 Å². The topological polar surface area (TPSA) is 27.1 Å². The standard InChI is InChI=1S/C13H16N2O/c1-2-15-11-7-4-3-6-10(11)14-13(15)12-8-5-9-16-12/h3-4,6-7,12H,2,5,8-9H2,1H3. The molecule has 0 saturated carbocycles. The SMILES string of the molecule is CCn1c(C2CCCO2)nc2ccccc21. The summed E-state index contributed by atoms with van der Waals surface area (Å²) in [6, 6.07) is 8.30. The van der Waals surface area contributed by atoms with Crippen molar-refractivity contribution in [3.8, 4) is 0 Å². The van der Waals surface area contributed by atoms with Gasteiger partial charge in [0.2, 0.25) is 0 Å². The van der Waals surface area contributed by atoms with E-state index in [1.54, 1.807) is 0 Å². The third-order valence-corrected chi connectivity index (χ3v) is 3.22. The molecular weight excluding hydrogens is 200 g/mol. The van der Waals surface area contributed by atoms with Crippen LogP contribution in [0.1, 0.15) is 31.7 Å². The average Bonchev–Trinajstić information content (AvgIpc) is 2.95. The van der Waals surface area contributed by atoms with E-state index >= 15 is 0 Å². The van der Waals surface area contributed by atoms with Crippen LogP contribution in [-0.2, 0) is 11.3 Å². The molecule has 0 N–H and O–H groups in total. The lowest BCUT2D eigenvalue weighted by Crippen LogP contribution is -2.07. The van der Waals surface area contributed by atoms with Crippen LogP contribution in [0.5, 0.6) is 0 Å². The van der Waals surface area contributed by atoms with Gasteiger partial charge >= 0.3 is 0 Å². The van der Waals surface area contributed by atoms with Gasteiger partial charge in [-0.1, -0.05) is 12.1 Å². The Balaban J connectivity index is 2.15. The summed E-state index contributed by atoms with van der Waals surface area (Å²) in [7, 11) is 0. The van der Waals surface area contributed by atoms with Crippen molar-refractivity contribution in [1.29, 1.82) is 0 Å². The van der Waals surface area contributed by atoms with E-state index in [0.29, 0.717) is 0 Å². The van der Waals surface area contributed by atoms with E-state index in [-0.39, 0.29) is 6.10 Å². The molecule has 0 amide bonds. The summed E-state index contributed by atoms with van der Waals surface area (Å²) in [6.45, 7) is 3.99. The van der Waals surface area contributed by atoms with Crippen LogP contribution in [-0.4, -0.2) is 16.2 Å². The molecule has 16 heavy (non-hydrogen) atoms. The van der Waals surface area contributed by atoms with Gasteiger partial charge in [0.1, 0.15) is 11.9 Å². The maximum Gasteiger partial charge on any atom is 0.139 e. The Morgan fingerprint density at radius 3 is 3.06 bits per heavy atom.